The quantitative estimate of drug-likeness (QED) is 0.0321. The zero-order chi connectivity index (χ0) is 67.9. The maximum atomic E-state index is 12.5. The van der Waals surface area contributed by atoms with Crippen molar-refractivity contribution in [3.8, 4) is 0 Å². The molecule has 5 aromatic rings. The van der Waals surface area contributed by atoms with Crippen LogP contribution < -0.4 is 16.4 Å². The van der Waals surface area contributed by atoms with Crippen LogP contribution in [0.5, 0.6) is 0 Å². The second kappa shape index (κ2) is 36.9. The number of rotatable bonds is 25. The molecule has 16 heteroatoms. The van der Waals surface area contributed by atoms with Crippen molar-refractivity contribution in [1.82, 2.24) is 35.2 Å². The number of hydrogen-bond acceptors (Lipinski definition) is 13. The second-order valence-electron chi connectivity index (χ2n) is 26.3. The molecule has 0 radical (unpaired) electrons. The van der Waals surface area contributed by atoms with Gasteiger partial charge in [0.25, 0.3) is 0 Å². The SMILES string of the molecule is CC(=O)CNC(=O)C(C)C1=C(CCN(C)C)Cc2ccccc21.CC(C(=O)O)C1=C(CCN(C)C)Cc2ccccc21.CC(O)CN.CC(O)CNC(=O)C(C)C1=C(CCN(C)C)Cc2ccccc21.Cc1cnc(C(C)C2=C(CCN(C)C)Cc3ccccc32)o1. The van der Waals surface area contributed by atoms with E-state index in [9.17, 15) is 29.4 Å². The van der Waals surface area contributed by atoms with Gasteiger partial charge in [0.15, 0.2) is 0 Å². The predicted octanol–water partition coefficient (Wildman–Crippen LogP) is 10.4. The Balaban J connectivity index is 0.000000217. The Labute approximate surface area is 549 Å². The summed E-state index contributed by atoms with van der Waals surface area (Å²) in [5.74, 6) is 0.178. The lowest BCUT2D eigenvalue weighted by atomic mass is 9.91. The van der Waals surface area contributed by atoms with Gasteiger partial charge in [-0.3, -0.25) is 19.2 Å². The lowest BCUT2D eigenvalue weighted by Crippen LogP contribution is -2.35. The first-order chi connectivity index (χ1) is 43.6. The summed E-state index contributed by atoms with van der Waals surface area (Å²) in [5, 5.41) is 32.5. The Kier molecular flexibility index (Phi) is 30.3. The second-order valence-corrected chi connectivity index (χ2v) is 26.3. The van der Waals surface area contributed by atoms with Gasteiger partial charge >= 0.3 is 5.97 Å². The number of benzene rings is 4. The number of carbonyl (C=O) groups excluding carboxylic acids is 3. The summed E-state index contributed by atoms with van der Waals surface area (Å²) < 4.78 is 5.79. The Morgan fingerprint density at radius 3 is 1.12 bits per heavy atom. The van der Waals surface area contributed by atoms with E-state index in [-0.39, 0.29) is 48.0 Å². The molecule has 0 bridgehead atoms. The average Bonchev–Trinajstić information content (AvgIpc) is 1.71. The number of nitrogens with two attached hydrogens (primary N) is 1. The van der Waals surface area contributed by atoms with Crippen LogP contribution in [0.2, 0.25) is 0 Å². The number of nitrogens with zero attached hydrogens (tertiary/aromatic N) is 5. The first-order valence-corrected chi connectivity index (χ1v) is 32.7. The summed E-state index contributed by atoms with van der Waals surface area (Å²) in [7, 11) is 16.6. The van der Waals surface area contributed by atoms with Crippen LogP contribution in [0.3, 0.4) is 0 Å². The minimum absolute atomic E-state index is 0.0139. The average molecular weight is 1260 g/mol. The molecule has 6 unspecified atom stereocenters. The smallest absolute Gasteiger partial charge is 0.310 e. The largest absolute Gasteiger partial charge is 0.481 e. The van der Waals surface area contributed by atoms with E-state index in [2.05, 4.69) is 145 Å². The summed E-state index contributed by atoms with van der Waals surface area (Å²) >= 11 is 0. The number of carboxylic acids is 1. The molecule has 6 atom stereocenters. The molecule has 0 fully saturated rings. The number of carbonyl (C=O) groups is 4. The number of carboxylic acid groups (broad SMARTS) is 1. The van der Waals surface area contributed by atoms with Crippen molar-refractivity contribution in [3.63, 3.8) is 0 Å². The molecule has 16 nitrogen and oxygen atoms in total. The number of hydrogen-bond donors (Lipinski definition) is 6. The van der Waals surface area contributed by atoms with Crippen molar-refractivity contribution < 1.29 is 38.9 Å². The van der Waals surface area contributed by atoms with Gasteiger partial charge in [-0.2, -0.15) is 0 Å². The van der Waals surface area contributed by atoms with Gasteiger partial charge in [-0.25, -0.2) is 4.98 Å². The monoisotopic (exact) mass is 1260 g/mol. The van der Waals surface area contributed by atoms with Crippen LogP contribution >= 0.6 is 0 Å². The van der Waals surface area contributed by atoms with E-state index in [0.29, 0.717) is 13.1 Å². The fourth-order valence-corrected chi connectivity index (χ4v) is 12.1. The minimum Gasteiger partial charge on any atom is -0.481 e. The van der Waals surface area contributed by atoms with Crippen LogP contribution in [0.25, 0.3) is 22.3 Å². The highest BCUT2D eigenvalue weighted by Gasteiger charge is 2.33. The van der Waals surface area contributed by atoms with Gasteiger partial charge < -0.3 is 55.7 Å². The van der Waals surface area contributed by atoms with Crippen LogP contribution in [0.4, 0.5) is 0 Å². The number of fused-ring (bicyclic) bond motifs is 4. The third-order valence-electron chi connectivity index (χ3n) is 17.1. The number of aromatic nitrogens is 1. The molecule has 9 rings (SSSR count). The fraction of sp³-hybridized carbons (Fsp3) is 0.487. The first-order valence-electron chi connectivity index (χ1n) is 32.7. The third-order valence-corrected chi connectivity index (χ3v) is 17.1. The topological polar surface area (TPSA) is 218 Å². The number of aliphatic hydroxyl groups is 2. The van der Waals surface area contributed by atoms with Crippen molar-refractivity contribution in [1.29, 1.82) is 0 Å². The molecule has 0 saturated carbocycles. The molecule has 0 aliphatic heterocycles. The minimum atomic E-state index is -0.742. The number of allylic oxidation sites excluding steroid dienone is 1. The molecule has 0 spiro atoms. The lowest BCUT2D eigenvalue weighted by Gasteiger charge is -2.18. The maximum Gasteiger partial charge on any atom is 0.310 e. The molecule has 4 aliphatic rings. The van der Waals surface area contributed by atoms with Crippen molar-refractivity contribution in [2.24, 2.45) is 23.5 Å². The molecule has 1 aromatic heterocycles. The van der Waals surface area contributed by atoms with Crippen molar-refractivity contribution in [2.45, 2.75) is 125 Å². The van der Waals surface area contributed by atoms with Gasteiger partial charge in [0.2, 0.25) is 17.7 Å². The summed E-state index contributed by atoms with van der Waals surface area (Å²) in [6, 6.07) is 33.6. The highest BCUT2D eigenvalue weighted by molar-refractivity contribution is 5.97. The van der Waals surface area contributed by atoms with Crippen LogP contribution in [-0.4, -0.2) is 178 Å². The zero-order valence-electron chi connectivity index (χ0n) is 58.1. The van der Waals surface area contributed by atoms with Crippen molar-refractivity contribution in [2.75, 3.05) is 102 Å². The summed E-state index contributed by atoms with van der Waals surface area (Å²) in [6.07, 6.45) is 8.74. The number of aryl methyl sites for hydroxylation is 1. The molecule has 0 saturated heterocycles. The number of oxazole rings is 1. The van der Waals surface area contributed by atoms with Gasteiger partial charge in [0.1, 0.15) is 11.5 Å². The number of amides is 2. The Morgan fingerprint density at radius 1 is 0.511 bits per heavy atom. The van der Waals surface area contributed by atoms with Gasteiger partial charge in [0, 0.05) is 39.3 Å². The molecule has 4 aromatic carbocycles. The molecule has 92 heavy (non-hydrogen) atoms. The summed E-state index contributed by atoms with van der Waals surface area (Å²) in [6.45, 7) is 19.4. The van der Waals surface area contributed by atoms with Gasteiger partial charge in [0.05, 0.1) is 48.6 Å². The van der Waals surface area contributed by atoms with Gasteiger partial charge in [-0.15, -0.1) is 0 Å². The van der Waals surface area contributed by atoms with Crippen LogP contribution in [0, 0.1) is 24.7 Å². The van der Waals surface area contributed by atoms with E-state index in [1.807, 2.05) is 77.5 Å². The van der Waals surface area contributed by atoms with Crippen LogP contribution in [0.15, 0.2) is 130 Å². The number of ketones is 1. The fourth-order valence-electron chi connectivity index (χ4n) is 12.1. The molecular weight excluding hydrogens is 1150 g/mol. The number of aliphatic carboxylic acids is 1. The highest BCUT2D eigenvalue weighted by atomic mass is 16.4. The standard InChI is InChI=1S/C19H28N2O2.C19H26N2O2.C19H24N2O.C16H21NO2.C3H9NO/c2*1-13(22)12-20-19(23)14(2)18-16(9-10-21(3)4)11-15-7-5-6-8-17(15)18;1-13-12-20-19(22-13)14(2)18-16(9-10-21(3)4)11-15-7-5-6-8-17(15)18;1-11(16(18)19)15-13(8-9-17(2)3)10-12-6-4-5-7-14(12)15;1-3(5)2-4/h5-8,13-14,22H,9-12H2,1-4H3,(H,20,23);5-8,14H,9-12H2,1-4H3,(H,20,23);5-8,12,14H,9-11H2,1-4H3;4-7,11H,8-10H2,1-3H3,(H,18,19);3,5H,2,4H2,1H3. The lowest BCUT2D eigenvalue weighted by molar-refractivity contribution is -0.139. The molecular formula is C76H108N8O8. The normalized spacial score (nSPS) is 15.6. The van der Waals surface area contributed by atoms with Crippen LogP contribution in [-0.2, 0) is 44.9 Å². The molecule has 7 N–H and O–H groups in total. The van der Waals surface area contributed by atoms with E-state index in [1.165, 1.54) is 79.3 Å². The molecule has 1 heterocycles. The number of Topliss-reactive ketones (excluding diaryl/α,β-unsaturated/α-hetero) is 1. The Morgan fingerprint density at radius 2 is 0.826 bits per heavy atom. The first kappa shape index (κ1) is 75.6. The summed E-state index contributed by atoms with van der Waals surface area (Å²) in [5.41, 5.74) is 25.4. The van der Waals surface area contributed by atoms with E-state index >= 15 is 0 Å². The molecule has 2 amide bonds. The zero-order valence-corrected chi connectivity index (χ0v) is 58.1. The molecule has 500 valence electrons. The number of nitrogens with one attached hydrogen (secondary N) is 2. The van der Waals surface area contributed by atoms with Crippen molar-refractivity contribution >= 4 is 45.9 Å². The van der Waals surface area contributed by atoms with Crippen LogP contribution in [0.1, 0.15) is 136 Å². The summed E-state index contributed by atoms with van der Waals surface area (Å²) in [4.78, 5) is 60.5. The molecule has 4 aliphatic carbocycles. The maximum absolute atomic E-state index is 12.5. The highest BCUT2D eigenvalue weighted by Crippen LogP contribution is 2.44. The van der Waals surface area contributed by atoms with E-state index in [4.69, 9.17) is 15.3 Å². The predicted molar refractivity (Wildman–Crippen MR) is 375 cm³/mol. The van der Waals surface area contributed by atoms with E-state index in [0.717, 1.165) is 106 Å². The Bertz CT molecular complexity index is 3380. The van der Waals surface area contributed by atoms with Gasteiger partial charge in [-0.1, -0.05) is 119 Å². The van der Waals surface area contributed by atoms with Crippen molar-refractivity contribution in [3.05, 3.63) is 182 Å². The van der Waals surface area contributed by atoms with E-state index < -0.39 is 18.0 Å². The van der Waals surface area contributed by atoms with Gasteiger partial charge in [-0.05, 0) is 230 Å². The number of aliphatic hydroxyl groups excluding tert-OH is 2. The Hall–Kier alpha value is -7.15. The third kappa shape index (κ3) is 22.3. The van der Waals surface area contributed by atoms with E-state index in [1.54, 1.807) is 20.8 Å².